The number of hydrogen-bond donors (Lipinski definition) is 1. The minimum Gasteiger partial charge on any atom is -0.300 e. The molecule has 0 radical (unpaired) electrons. The maximum Gasteiger partial charge on any atom is 0.264 e. The van der Waals surface area contributed by atoms with E-state index in [2.05, 4.69) is 15.3 Å². The highest BCUT2D eigenvalue weighted by Crippen LogP contribution is 2.33. The van der Waals surface area contributed by atoms with Gasteiger partial charge in [-0.2, -0.15) is 0 Å². The molecule has 1 saturated heterocycles. The molecule has 1 aliphatic rings. The Morgan fingerprint density at radius 2 is 1.90 bits per heavy atom. The molecular formula is C23H20N4O2S2. The molecule has 8 heteroatoms. The predicted octanol–water partition coefficient (Wildman–Crippen LogP) is 5.34. The molecule has 0 saturated carbocycles. The fraction of sp³-hybridized carbons (Fsp3) is 0.130. The number of nitrogens with zero attached hydrogens (tertiary/aromatic N) is 3. The second-order valence-electron chi connectivity index (χ2n) is 7.00. The lowest BCUT2D eigenvalue weighted by Gasteiger charge is -2.19. The first-order valence-electron chi connectivity index (χ1n) is 9.59. The van der Waals surface area contributed by atoms with E-state index >= 15 is 0 Å². The van der Waals surface area contributed by atoms with Gasteiger partial charge in [-0.3, -0.25) is 14.5 Å². The van der Waals surface area contributed by atoms with Crippen LogP contribution in [-0.2, 0) is 9.59 Å². The number of rotatable bonds is 4. The zero-order valence-corrected chi connectivity index (χ0v) is 18.9. The Morgan fingerprint density at radius 3 is 2.61 bits per heavy atom. The van der Waals surface area contributed by atoms with Gasteiger partial charge in [-0.25, -0.2) is 9.98 Å². The number of thiazole rings is 1. The van der Waals surface area contributed by atoms with Crippen LogP contribution in [0.2, 0.25) is 0 Å². The van der Waals surface area contributed by atoms with Gasteiger partial charge in [-0.1, -0.05) is 24.3 Å². The fourth-order valence-electron chi connectivity index (χ4n) is 2.97. The number of anilines is 2. The molecule has 0 bridgehead atoms. The molecule has 2 amide bonds. The van der Waals surface area contributed by atoms with Crippen LogP contribution in [0.4, 0.5) is 16.5 Å². The highest BCUT2D eigenvalue weighted by molar-refractivity contribution is 8.18. The topological polar surface area (TPSA) is 74.7 Å². The van der Waals surface area contributed by atoms with Crippen molar-refractivity contribution in [2.24, 2.45) is 4.99 Å². The van der Waals surface area contributed by atoms with Crippen molar-refractivity contribution in [1.82, 2.24) is 10.3 Å². The van der Waals surface area contributed by atoms with Crippen LogP contribution < -0.4 is 10.2 Å². The minimum absolute atomic E-state index is 0.123. The van der Waals surface area contributed by atoms with Gasteiger partial charge >= 0.3 is 0 Å². The molecule has 156 valence electrons. The third-order valence-corrected chi connectivity index (χ3v) is 6.44. The monoisotopic (exact) mass is 448 g/mol. The average Bonchev–Trinajstić information content (AvgIpc) is 3.32. The summed E-state index contributed by atoms with van der Waals surface area (Å²) in [5, 5.41) is 5.69. The Bertz CT molecular complexity index is 1220. The predicted molar refractivity (Wildman–Crippen MR) is 128 cm³/mol. The number of hydrogen-bond acceptors (Lipinski definition) is 6. The van der Waals surface area contributed by atoms with E-state index in [1.54, 1.807) is 11.0 Å². The quantitative estimate of drug-likeness (QED) is 0.547. The second-order valence-corrected chi connectivity index (χ2v) is 8.86. The third-order valence-electron chi connectivity index (χ3n) is 4.68. The van der Waals surface area contributed by atoms with E-state index in [0.717, 1.165) is 22.5 Å². The molecule has 3 aromatic rings. The largest absolute Gasteiger partial charge is 0.300 e. The molecule has 0 atom stereocenters. The maximum atomic E-state index is 12.4. The molecule has 31 heavy (non-hydrogen) atoms. The van der Waals surface area contributed by atoms with Crippen molar-refractivity contribution in [3.63, 3.8) is 0 Å². The van der Waals surface area contributed by atoms with Crippen LogP contribution >= 0.6 is 23.1 Å². The number of amides is 2. The zero-order valence-electron chi connectivity index (χ0n) is 17.2. The number of amidine groups is 1. The smallest absolute Gasteiger partial charge is 0.264 e. The van der Waals surface area contributed by atoms with Crippen LogP contribution in [0.1, 0.15) is 23.7 Å². The highest BCUT2D eigenvalue weighted by Gasteiger charge is 2.25. The summed E-state index contributed by atoms with van der Waals surface area (Å²) in [6.07, 6.45) is 1.71. The van der Waals surface area contributed by atoms with E-state index in [0.29, 0.717) is 20.9 Å². The molecule has 0 unspecified atom stereocenters. The van der Waals surface area contributed by atoms with Gasteiger partial charge in [0.25, 0.3) is 5.91 Å². The molecule has 0 aliphatic carbocycles. The van der Waals surface area contributed by atoms with Crippen molar-refractivity contribution >= 4 is 62.7 Å². The van der Waals surface area contributed by atoms with Gasteiger partial charge in [-0.15, -0.1) is 11.3 Å². The molecular weight excluding hydrogens is 428 g/mol. The summed E-state index contributed by atoms with van der Waals surface area (Å²) in [5.41, 5.74) is 4.43. The number of carbonyl (C=O) groups is 2. The molecule has 2 heterocycles. The third kappa shape index (κ3) is 4.76. The summed E-state index contributed by atoms with van der Waals surface area (Å²) in [6, 6.07) is 15.3. The van der Waals surface area contributed by atoms with Gasteiger partial charge in [0.2, 0.25) is 5.91 Å². The summed E-state index contributed by atoms with van der Waals surface area (Å²) in [7, 11) is 0. The molecule has 1 N–H and O–H groups in total. The van der Waals surface area contributed by atoms with E-state index in [-0.39, 0.29) is 11.8 Å². The van der Waals surface area contributed by atoms with E-state index in [1.165, 1.54) is 30.0 Å². The Hall–Kier alpha value is -3.23. The molecule has 6 nitrogen and oxygen atoms in total. The highest BCUT2D eigenvalue weighted by atomic mass is 32.2. The van der Waals surface area contributed by atoms with Crippen LogP contribution in [0.25, 0.3) is 6.08 Å². The summed E-state index contributed by atoms with van der Waals surface area (Å²) < 4.78 is 0. The summed E-state index contributed by atoms with van der Waals surface area (Å²) in [4.78, 5) is 35.8. The van der Waals surface area contributed by atoms with E-state index in [9.17, 15) is 9.59 Å². The number of para-hydroxylation sites is 1. The number of nitrogens with one attached hydrogen (secondary N) is 1. The standard InChI is InChI=1S/C23H20N4O2S2/c1-14-9-10-19(11-15(14)2)27(16(3)28)23-25-18(13-30-23)12-20-21(29)26-22(31-20)24-17-7-5-4-6-8-17/h4-13H,1-3H3,(H,24,26,29)/b20-12-. The minimum atomic E-state index is -0.216. The lowest BCUT2D eigenvalue weighted by Crippen LogP contribution is -2.22. The zero-order chi connectivity index (χ0) is 22.0. The maximum absolute atomic E-state index is 12.4. The number of benzene rings is 2. The van der Waals surface area contributed by atoms with E-state index in [1.807, 2.05) is 67.8 Å². The molecule has 4 rings (SSSR count). The normalized spacial score (nSPS) is 16.0. The van der Waals surface area contributed by atoms with Crippen LogP contribution in [0.5, 0.6) is 0 Å². The van der Waals surface area contributed by atoms with Crippen molar-refractivity contribution in [1.29, 1.82) is 0 Å². The van der Waals surface area contributed by atoms with Gasteiger partial charge in [0.15, 0.2) is 10.3 Å². The summed E-state index contributed by atoms with van der Waals surface area (Å²) in [6.45, 7) is 5.56. The summed E-state index contributed by atoms with van der Waals surface area (Å²) >= 11 is 2.62. The summed E-state index contributed by atoms with van der Waals surface area (Å²) in [5.74, 6) is -0.339. The molecule has 2 aromatic carbocycles. The lowest BCUT2D eigenvalue weighted by molar-refractivity contribution is -0.116. The molecule has 1 aliphatic heterocycles. The van der Waals surface area contributed by atoms with Crippen molar-refractivity contribution in [2.45, 2.75) is 20.8 Å². The Labute approximate surface area is 188 Å². The van der Waals surface area contributed by atoms with E-state index in [4.69, 9.17) is 0 Å². The second kappa shape index (κ2) is 8.87. The first-order chi connectivity index (χ1) is 14.9. The van der Waals surface area contributed by atoms with Gasteiger partial charge in [-0.05, 0) is 67.1 Å². The van der Waals surface area contributed by atoms with E-state index < -0.39 is 0 Å². The number of thioether (sulfide) groups is 1. The molecule has 0 spiro atoms. The van der Waals surface area contributed by atoms with Crippen molar-refractivity contribution in [3.8, 4) is 0 Å². The Morgan fingerprint density at radius 1 is 1.13 bits per heavy atom. The van der Waals surface area contributed by atoms with Crippen molar-refractivity contribution in [2.75, 3.05) is 4.90 Å². The Balaban J connectivity index is 1.58. The Kier molecular flexibility index (Phi) is 6.01. The first kappa shape index (κ1) is 21.0. The van der Waals surface area contributed by atoms with Crippen LogP contribution in [0.15, 0.2) is 63.8 Å². The number of aliphatic imine (C=N–C) groups is 1. The van der Waals surface area contributed by atoms with Gasteiger partial charge in [0, 0.05) is 12.3 Å². The fourth-order valence-corrected chi connectivity index (χ4v) is 4.64. The average molecular weight is 449 g/mol. The van der Waals surface area contributed by atoms with Crippen molar-refractivity contribution in [3.05, 3.63) is 75.6 Å². The lowest BCUT2D eigenvalue weighted by atomic mass is 10.1. The molecule has 1 fully saturated rings. The van der Waals surface area contributed by atoms with Gasteiger partial charge < -0.3 is 5.32 Å². The SMILES string of the molecule is CC(=O)N(c1ccc(C)c(C)c1)c1nc(/C=C2\SC(=Nc3ccccc3)NC2=O)cs1. The molecule has 1 aromatic heterocycles. The number of carbonyl (C=O) groups excluding carboxylic acids is 2. The van der Waals surface area contributed by atoms with Crippen molar-refractivity contribution < 1.29 is 9.59 Å². The van der Waals surface area contributed by atoms with Crippen LogP contribution in [0.3, 0.4) is 0 Å². The van der Waals surface area contributed by atoms with Gasteiger partial charge in [0.05, 0.1) is 22.0 Å². The van der Waals surface area contributed by atoms with Gasteiger partial charge in [0.1, 0.15) is 0 Å². The van der Waals surface area contributed by atoms with Crippen LogP contribution in [0, 0.1) is 13.8 Å². The first-order valence-corrected chi connectivity index (χ1v) is 11.3. The van der Waals surface area contributed by atoms with Crippen LogP contribution in [-0.4, -0.2) is 22.0 Å². The number of aryl methyl sites for hydroxylation is 2. The number of aromatic nitrogens is 1.